The molecule has 0 unspecified atom stereocenters. The molecule has 3 rings (SSSR count). The third kappa shape index (κ3) is 4.45. The summed E-state index contributed by atoms with van der Waals surface area (Å²) < 4.78 is 65.3. The quantitative estimate of drug-likeness (QED) is 0.831. The van der Waals surface area contributed by atoms with E-state index in [2.05, 4.69) is 15.2 Å². The molecule has 0 aliphatic carbocycles. The van der Waals surface area contributed by atoms with E-state index in [-0.39, 0.29) is 11.6 Å². The number of alkyl halides is 3. The Balaban J connectivity index is 1.79. The lowest BCUT2D eigenvalue weighted by Gasteiger charge is -2.13. The molecule has 0 atom stereocenters. The van der Waals surface area contributed by atoms with Gasteiger partial charge in [0.15, 0.2) is 0 Å². The molecule has 27 heavy (non-hydrogen) atoms. The first kappa shape index (κ1) is 18.9. The lowest BCUT2D eigenvalue weighted by molar-refractivity contribution is -0.137. The fourth-order valence-corrected chi connectivity index (χ4v) is 3.57. The molecule has 6 nitrogen and oxygen atoms in total. The Hall–Kier alpha value is -2.88. The summed E-state index contributed by atoms with van der Waals surface area (Å²) in [6.45, 7) is 0. The minimum atomic E-state index is -4.64. The summed E-state index contributed by atoms with van der Waals surface area (Å²) in [5, 5.41) is 3.94. The summed E-state index contributed by atoms with van der Waals surface area (Å²) in [4.78, 5) is 10.6. The Bertz CT molecular complexity index is 1000. The molecule has 0 saturated carbocycles. The van der Waals surface area contributed by atoms with Gasteiger partial charge in [-0.25, -0.2) is 13.8 Å². The first-order valence-electron chi connectivity index (χ1n) is 7.81. The van der Waals surface area contributed by atoms with Crippen LogP contribution < -0.4 is 10.1 Å². The molecule has 0 radical (unpaired) electrons. The fourth-order valence-electron chi connectivity index (χ4n) is 2.47. The molecule has 2 N–H and O–H groups in total. The maximum atomic E-state index is 12.8. The van der Waals surface area contributed by atoms with Crippen LogP contribution in [0.2, 0.25) is 0 Å². The number of hydrogen-bond donors (Lipinski definition) is 2. The van der Waals surface area contributed by atoms with Crippen molar-refractivity contribution in [2.75, 3.05) is 4.72 Å². The molecule has 1 heterocycles. The van der Waals surface area contributed by atoms with Gasteiger partial charge in [0, 0.05) is 18.5 Å². The predicted molar refractivity (Wildman–Crippen MR) is 92.6 cm³/mol. The highest BCUT2D eigenvalue weighted by molar-refractivity contribution is 7.92. The van der Waals surface area contributed by atoms with Crippen LogP contribution in [-0.2, 0) is 21.0 Å². The highest BCUT2D eigenvalue weighted by Crippen LogP contribution is 2.30. The SMILES string of the molecule is O=C1CCC(c2ccc(NS(=O)(=O)c3cccc(C(F)(F)F)c3)cc2)=NN1. The van der Waals surface area contributed by atoms with Crippen molar-refractivity contribution in [3.63, 3.8) is 0 Å². The Labute approximate surface area is 153 Å². The Morgan fingerprint density at radius 2 is 1.74 bits per heavy atom. The number of halogens is 3. The van der Waals surface area contributed by atoms with Crippen LogP contribution in [0.4, 0.5) is 18.9 Å². The van der Waals surface area contributed by atoms with Gasteiger partial charge in [0.05, 0.1) is 16.2 Å². The second kappa shape index (κ2) is 7.03. The number of hydrazone groups is 1. The van der Waals surface area contributed by atoms with Crippen LogP contribution in [-0.4, -0.2) is 20.0 Å². The van der Waals surface area contributed by atoms with E-state index < -0.39 is 26.7 Å². The van der Waals surface area contributed by atoms with Crippen molar-refractivity contribution in [1.82, 2.24) is 5.43 Å². The molecule has 10 heteroatoms. The number of benzene rings is 2. The molecule has 0 fully saturated rings. The Morgan fingerprint density at radius 1 is 1.04 bits per heavy atom. The number of amides is 1. The van der Waals surface area contributed by atoms with E-state index >= 15 is 0 Å². The predicted octanol–water partition coefficient (Wildman–Crippen LogP) is 3.12. The van der Waals surface area contributed by atoms with Gasteiger partial charge in [-0.15, -0.1) is 0 Å². The zero-order chi connectivity index (χ0) is 19.7. The van der Waals surface area contributed by atoms with E-state index in [9.17, 15) is 26.4 Å². The third-order valence-electron chi connectivity index (χ3n) is 3.85. The van der Waals surface area contributed by atoms with E-state index in [0.29, 0.717) is 30.2 Å². The van der Waals surface area contributed by atoms with Crippen LogP contribution in [0.3, 0.4) is 0 Å². The van der Waals surface area contributed by atoms with Gasteiger partial charge in [0.1, 0.15) is 0 Å². The highest BCUT2D eigenvalue weighted by atomic mass is 32.2. The van der Waals surface area contributed by atoms with Gasteiger partial charge >= 0.3 is 6.18 Å². The second-order valence-electron chi connectivity index (χ2n) is 5.80. The lowest BCUT2D eigenvalue weighted by Crippen LogP contribution is -2.25. The molecular formula is C17H14F3N3O3S. The van der Waals surface area contributed by atoms with E-state index in [1.165, 1.54) is 12.1 Å². The molecule has 0 saturated heterocycles. The molecule has 142 valence electrons. The molecule has 2 aromatic carbocycles. The van der Waals surface area contributed by atoms with Gasteiger partial charge in [-0.3, -0.25) is 9.52 Å². The fraction of sp³-hybridized carbons (Fsp3) is 0.176. The molecule has 2 aromatic rings. The van der Waals surface area contributed by atoms with Crippen LogP contribution >= 0.6 is 0 Å². The van der Waals surface area contributed by atoms with Crippen LogP contribution in [0.5, 0.6) is 0 Å². The van der Waals surface area contributed by atoms with E-state index in [0.717, 1.165) is 18.2 Å². The molecule has 1 aliphatic heterocycles. The number of nitrogens with zero attached hydrogens (tertiary/aromatic N) is 1. The van der Waals surface area contributed by atoms with Crippen molar-refractivity contribution in [3.8, 4) is 0 Å². The van der Waals surface area contributed by atoms with Crippen LogP contribution in [0.1, 0.15) is 24.0 Å². The lowest BCUT2D eigenvalue weighted by atomic mass is 10.0. The normalized spacial score (nSPS) is 15.1. The number of nitrogens with one attached hydrogen (secondary N) is 2. The van der Waals surface area contributed by atoms with Crippen molar-refractivity contribution < 1.29 is 26.4 Å². The molecule has 0 aromatic heterocycles. The Kier molecular flexibility index (Phi) is 4.92. The van der Waals surface area contributed by atoms with Crippen LogP contribution in [0, 0.1) is 0 Å². The summed E-state index contributed by atoms with van der Waals surface area (Å²) in [7, 11) is -4.18. The number of carbonyl (C=O) groups is 1. The van der Waals surface area contributed by atoms with Gasteiger partial charge in [-0.05, 0) is 35.9 Å². The average molecular weight is 397 g/mol. The number of hydrogen-bond acceptors (Lipinski definition) is 4. The van der Waals surface area contributed by atoms with Crippen molar-refractivity contribution in [2.45, 2.75) is 23.9 Å². The smallest absolute Gasteiger partial charge is 0.280 e. The first-order chi connectivity index (χ1) is 12.6. The van der Waals surface area contributed by atoms with Gasteiger partial charge in [-0.1, -0.05) is 18.2 Å². The minimum absolute atomic E-state index is 0.177. The summed E-state index contributed by atoms with van der Waals surface area (Å²) in [5.74, 6) is -0.177. The second-order valence-corrected chi connectivity index (χ2v) is 7.48. The van der Waals surface area contributed by atoms with Crippen molar-refractivity contribution in [1.29, 1.82) is 0 Å². The van der Waals surface area contributed by atoms with Crippen molar-refractivity contribution >= 4 is 27.3 Å². The molecular weight excluding hydrogens is 383 g/mol. The van der Waals surface area contributed by atoms with Crippen molar-refractivity contribution in [3.05, 3.63) is 59.7 Å². The zero-order valence-electron chi connectivity index (χ0n) is 13.7. The summed E-state index contributed by atoms with van der Waals surface area (Å²) >= 11 is 0. The van der Waals surface area contributed by atoms with Crippen LogP contribution in [0.15, 0.2) is 58.5 Å². The molecule has 1 aliphatic rings. The van der Waals surface area contributed by atoms with Crippen molar-refractivity contribution in [2.24, 2.45) is 5.10 Å². The maximum Gasteiger partial charge on any atom is 0.416 e. The van der Waals surface area contributed by atoms with E-state index in [1.807, 2.05) is 0 Å². The number of sulfonamides is 1. The summed E-state index contributed by atoms with van der Waals surface area (Å²) in [6.07, 6.45) is -3.87. The van der Waals surface area contributed by atoms with Gasteiger partial charge in [-0.2, -0.15) is 18.3 Å². The number of carbonyl (C=O) groups excluding carboxylic acids is 1. The minimum Gasteiger partial charge on any atom is -0.280 e. The van der Waals surface area contributed by atoms with E-state index in [4.69, 9.17) is 0 Å². The largest absolute Gasteiger partial charge is 0.416 e. The third-order valence-corrected chi connectivity index (χ3v) is 5.23. The van der Waals surface area contributed by atoms with Gasteiger partial charge in [0.25, 0.3) is 10.0 Å². The molecule has 0 bridgehead atoms. The van der Waals surface area contributed by atoms with Crippen LogP contribution in [0.25, 0.3) is 0 Å². The average Bonchev–Trinajstić information content (AvgIpc) is 2.62. The standard InChI is InChI=1S/C17H14F3N3O3S/c18-17(19,20)12-2-1-3-14(10-12)27(25,26)23-13-6-4-11(5-7-13)15-8-9-16(24)22-21-15/h1-7,10,23H,8-9H2,(H,22,24). The van der Waals surface area contributed by atoms with Gasteiger partial charge < -0.3 is 0 Å². The number of rotatable bonds is 4. The topological polar surface area (TPSA) is 87.6 Å². The molecule has 0 spiro atoms. The zero-order valence-corrected chi connectivity index (χ0v) is 14.6. The van der Waals surface area contributed by atoms with Gasteiger partial charge in [0.2, 0.25) is 5.91 Å². The summed E-state index contributed by atoms with van der Waals surface area (Å²) in [6, 6.07) is 9.68. The summed E-state index contributed by atoms with van der Waals surface area (Å²) in [5.41, 5.74) is 2.88. The Morgan fingerprint density at radius 3 is 2.33 bits per heavy atom. The maximum absolute atomic E-state index is 12.8. The van der Waals surface area contributed by atoms with E-state index in [1.54, 1.807) is 12.1 Å². The number of anilines is 1. The monoisotopic (exact) mass is 397 g/mol. The first-order valence-corrected chi connectivity index (χ1v) is 9.29. The highest BCUT2D eigenvalue weighted by Gasteiger charge is 2.31. The molecule has 1 amide bonds.